The van der Waals surface area contributed by atoms with Gasteiger partial charge < -0.3 is 0 Å². The van der Waals surface area contributed by atoms with Crippen molar-refractivity contribution in [1.82, 2.24) is 5.32 Å². The molecule has 5 nitrogen and oxygen atoms in total. The molecule has 1 N–H and O–H groups in total. The van der Waals surface area contributed by atoms with Gasteiger partial charge in [0.1, 0.15) is 6.04 Å². The minimum absolute atomic E-state index is 0.0231. The molecule has 0 amide bonds. The Morgan fingerprint density at radius 1 is 1.60 bits per heavy atom. The lowest BCUT2D eigenvalue weighted by molar-refractivity contribution is -0.385. The number of para-hydroxylation sites is 1. The van der Waals surface area contributed by atoms with Crippen molar-refractivity contribution >= 4 is 5.69 Å². The van der Waals surface area contributed by atoms with Crippen LogP contribution in [0.2, 0.25) is 0 Å². The van der Waals surface area contributed by atoms with Crippen LogP contribution in [0.3, 0.4) is 0 Å². The van der Waals surface area contributed by atoms with Crippen molar-refractivity contribution in [2.24, 2.45) is 0 Å². The average molecular weight is 205 g/mol. The number of nitrogens with zero attached hydrogens (tertiary/aromatic N) is 2. The number of benzene rings is 1. The largest absolute Gasteiger partial charge is 0.298 e. The molecule has 1 atom stereocenters. The van der Waals surface area contributed by atoms with E-state index in [-0.39, 0.29) is 5.69 Å². The van der Waals surface area contributed by atoms with E-state index in [4.69, 9.17) is 5.26 Å². The van der Waals surface area contributed by atoms with Crippen LogP contribution in [0, 0.1) is 21.4 Å². The van der Waals surface area contributed by atoms with Crippen LogP contribution in [-0.2, 0) is 0 Å². The van der Waals surface area contributed by atoms with E-state index in [0.717, 1.165) is 0 Å². The molecule has 1 aromatic rings. The maximum atomic E-state index is 10.7. The van der Waals surface area contributed by atoms with Crippen LogP contribution >= 0.6 is 0 Å². The fourth-order valence-electron chi connectivity index (χ4n) is 1.33. The van der Waals surface area contributed by atoms with Crippen molar-refractivity contribution < 1.29 is 4.92 Å². The fourth-order valence-corrected chi connectivity index (χ4v) is 1.33. The van der Waals surface area contributed by atoms with E-state index in [2.05, 4.69) is 5.32 Å². The lowest BCUT2D eigenvalue weighted by Crippen LogP contribution is -2.20. The minimum Gasteiger partial charge on any atom is -0.298 e. The molecular formula is C10H11N3O2. The van der Waals surface area contributed by atoms with Crippen LogP contribution in [0.1, 0.15) is 18.5 Å². The number of hydrogen-bond donors (Lipinski definition) is 1. The number of rotatable bonds is 4. The topological polar surface area (TPSA) is 79.0 Å². The van der Waals surface area contributed by atoms with E-state index < -0.39 is 11.0 Å². The Kier molecular flexibility index (Phi) is 3.77. The van der Waals surface area contributed by atoms with Gasteiger partial charge in [-0.3, -0.25) is 15.4 Å². The van der Waals surface area contributed by atoms with Gasteiger partial charge in [-0.15, -0.1) is 0 Å². The number of nitro groups is 1. The zero-order valence-electron chi connectivity index (χ0n) is 8.30. The molecule has 1 aromatic carbocycles. The first-order valence-corrected chi connectivity index (χ1v) is 4.57. The minimum atomic E-state index is -0.628. The molecule has 0 heterocycles. The van der Waals surface area contributed by atoms with Crippen LogP contribution in [0.5, 0.6) is 0 Å². The van der Waals surface area contributed by atoms with Gasteiger partial charge in [-0.05, 0) is 12.6 Å². The predicted octanol–water partition coefficient (Wildman–Crippen LogP) is 1.77. The molecule has 0 aromatic heterocycles. The van der Waals surface area contributed by atoms with Crippen LogP contribution in [0.4, 0.5) is 5.69 Å². The maximum absolute atomic E-state index is 10.7. The molecule has 0 saturated carbocycles. The molecule has 5 heteroatoms. The Hall–Kier alpha value is -1.93. The quantitative estimate of drug-likeness (QED) is 0.600. The number of hydrogen-bond acceptors (Lipinski definition) is 4. The van der Waals surface area contributed by atoms with Crippen molar-refractivity contribution in [3.8, 4) is 6.07 Å². The van der Waals surface area contributed by atoms with Gasteiger partial charge in [0.2, 0.25) is 0 Å². The van der Waals surface area contributed by atoms with Crippen molar-refractivity contribution in [2.45, 2.75) is 13.0 Å². The standard InChI is InChI=1S/C10H11N3O2/c1-2-12-9(7-11)8-5-3-4-6-10(8)13(14)15/h3-6,9,12H,2H2,1H3. The molecule has 1 unspecified atom stereocenters. The van der Waals surface area contributed by atoms with Crippen LogP contribution in [0.25, 0.3) is 0 Å². The number of nitrogens with one attached hydrogen (secondary N) is 1. The molecule has 0 aliphatic rings. The van der Waals surface area contributed by atoms with Gasteiger partial charge in [0, 0.05) is 6.07 Å². The van der Waals surface area contributed by atoms with E-state index in [9.17, 15) is 10.1 Å². The highest BCUT2D eigenvalue weighted by atomic mass is 16.6. The molecule has 78 valence electrons. The van der Waals surface area contributed by atoms with Crippen molar-refractivity contribution in [2.75, 3.05) is 6.54 Å². The van der Waals surface area contributed by atoms with E-state index in [1.54, 1.807) is 18.2 Å². The summed E-state index contributed by atoms with van der Waals surface area (Å²) < 4.78 is 0. The van der Waals surface area contributed by atoms with Crippen LogP contribution in [-0.4, -0.2) is 11.5 Å². The summed E-state index contributed by atoms with van der Waals surface area (Å²) in [6.07, 6.45) is 0. The SMILES string of the molecule is CCNC(C#N)c1ccccc1[N+](=O)[O-]. The third-order valence-corrected chi connectivity index (χ3v) is 1.98. The summed E-state index contributed by atoms with van der Waals surface area (Å²) in [5, 5.41) is 22.5. The Morgan fingerprint density at radius 3 is 2.80 bits per heavy atom. The second kappa shape index (κ2) is 5.08. The third-order valence-electron chi connectivity index (χ3n) is 1.98. The second-order valence-electron chi connectivity index (χ2n) is 2.94. The molecule has 0 spiro atoms. The van der Waals surface area contributed by atoms with E-state index in [1.165, 1.54) is 6.07 Å². The molecule has 0 aliphatic heterocycles. The second-order valence-corrected chi connectivity index (χ2v) is 2.94. The van der Waals surface area contributed by atoms with Crippen LogP contribution in [0.15, 0.2) is 24.3 Å². The first-order valence-electron chi connectivity index (χ1n) is 4.57. The molecule has 0 fully saturated rings. The summed E-state index contributed by atoms with van der Waals surface area (Å²) in [7, 11) is 0. The summed E-state index contributed by atoms with van der Waals surface area (Å²) in [6.45, 7) is 2.43. The zero-order chi connectivity index (χ0) is 11.3. The molecular weight excluding hydrogens is 194 g/mol. The first-order chi connectivity index (χ1) is 7.20. The normalized spacial score (nSPS) is 11.7. The van der Waals surface area contributed by atoms with Gasteiger partial charge >= 0.3 is 0 Å². The van der Waals surface area contributed by atoms with Gasteiger partial charge in [-0.25, -0.2) is 0 Å². The van der Waals surface area contributed by atoms with E-state index >= 15 is 0 Å². The highest BCUT2D eigenvalue weighted by molar-refractivity contribution is 5.44. The Labute approximate surface area is 87.5 Å². The summed E-state index contributed by atoms with van der Waals surface area (Å²) >= 11 is 0. The zero-order valence-corrected chi connectivity index (χ0v) is 8.30. The summed E-state index contributed by atoms with van der Waals surface area (Å²) in [4.78, 5) is 10.2. The van der Waals surface area contributed by atoms with Crippen molar-refractivity contribution in [3.63, 3.8) is 0 Å². The maximum Gasteiger partial charge on any atom is 0.275 e. The third kappa shape index (κ3) is 2.51. The fraction of sp³-hybridized carbons (Fsp3) is 0.300. The molecule has 15 heavy (non-hydrogen) atoms. The van der Waals surface area contributed by atoms with Gasteiger partial charge in [0.15, 0.2) is 0 Å². The van der Waals surface area contributed by atoms with Crippen LogP contribution < -0.4 is 5.32 Å². The van der Waals surface area contributed by atoms with Gasteiger partial charge in [-0.2, -0.15) is 5.26 Å². The highest BCUT2D eigenvalue weighted by Crippen LogP contribution is 2.23. The predicted molar refractivity (Wildman–Crippen MR) is 55.1 cm³/mol. The average Bonchev–Trinajstić information content (AvgIpc) is 2.26. The molecule has 0 saturated heterocycles. The summed E-state index contributed by atoms with van der Waals surface area (Å²) in [5.74, 6) is 0. The first kappa shape index (κ1) is 11.1. The Bertz CT molecular complexity index is 398. The van der Waals surface area contributed by atoms with Gasteiger partial charge in [0.05, 0.1) is 16.6 Å². The lowest BCUT2D eigenvalue weighted by Gasteiger charge is -2.09. The molecule has 0 aliphatic carbocycles. The molecule has 1 rings (SSSR count). The number of nitriles is 1. The monoisotopic (exact) mass is 205 g/mol. The van der Waals surface area contributed by atoms with Crippen molar-refractivity contribution in [1.29, 1.82) is 5.26 Å². The highest BCUT2D eigenvalue weighted by Gasteiger charge is 2.19. The van der Waals surface area contributed by atoms with Crippen molar-refractivity contribution in [3.05, 3.63) is 39.9 Å². The smallest absolute Gasteiger partial charge is 0.275 e. The Balaban J connectivity index is 3.12. The Morgan fingerprint density at radius 2 is 2.27 bits per heavy atom. The molecule has 0 radical (unpaired) electrons. The summed E-state index contributed by atoms with van der Waals surface area (Å²) in [5.41, 5.74) is 0.386. The number of nitro benzene ring substituents is 1. The van der Waals surface area contributed by atoms with Gasteiger partial charge in [0.25, 0.3) is 5.69 Å². The van der Waals surface area contributed by atoms with Gasteiger partial charge in [-0.1, -0.05) is 19.1 Å². The summed E-state index contributed by atoms with van der Waals surface area (Å²) in [6, 6.07) is 7.63. The lowest BCUT2D eigenvalue weighted by atomic mass is 10.1. The van der Waals surface area contributed by atoms with E-state index in [1.807, 2.05) is 13.0 Å². The van der Waals surface area contributed by atoms with E-state index in [0.29, 0.717) is 12.1 Å². The molecule has 0 bridgehead atoms.